The average Bonchev–Trinajstić information content (AvgIpc) is 2.72. The van der Waals surface area contributed by atoms with Gasteiger partial charge in [-0.2, -0.15) is 0 Å². The van der Waals surface area contributed by atoms with Crippen LogP contribution >= 0.6 is 0 Å². The third-order valence-corrected chi connectivity index (χ3v) is 3.41. The minimum Gasteiger partial charge on any atom is -0.486 e. The third-order valence-electron chi connectivity index (χ3n) is 2.50. The summed E-state index contributed by atoms with van der Waals surface area (Å²) < 4.78 is 33.1. The molecule has 1 fully saturated rings. The summed E-state index contributed by atoms with van der Waals surface area (Å²) in [6, 6.07) is 4.15. The van der Waals surface area contributed by atoms with Crippen molar-refractivity contribution in [3.05, 3.63) is 18.2 Å². The Bertz CT molecular complexity index is 509. The average molecular weight is 258 g/mol. The second-order valence-electron chi connectivity index (χ2n) is 3.85. The Balaban J connectivity index is 2.26. The lowest BCUT2D eigenvalue weighted by Gasteiger charge is -2.14. The highest BCUT2D eigenvalue weighted by atomic mass is 32.2. The van der Waals surface area contributed by atoms with E-state index in [1.54, 1.807) is 0 Å². The summed E-state index contributed by atoms with van der Waals surface area (Å²) >= 11 is 0. The van der Waals surface area contributed by atoms with E-state index in [-0.39, 0.29) is 11.0 Å². The van der Waals surface area contributed by atoms with Crippen molar-refractivity contribution in [2.24, 2.45) is 5.14 Å². The van der Waals surface area contributed by atoms with Crippen molar-refractivity contribution in [2.75, 3.05) is 18.9 Å². The topological polar surface area (TPSA) is 105 Å². The van der Waals surface area contributed by atoms with Gasteiger partial charge in [0.15, 0.2) is 0 Å². The standard InChI is InChI=1S/C10H14N2O4S/c11-9-2-1-8(17(12,13)14)5-10(9)16-7-3-4-15-6-7/h1-2,5,7H,3-4,6,11H2,(H2,12,13,14). The van der Waals surface area contributed by atoms with Crippen LogP contribution in [0.2, 0.25) is 0 Å². The zero-order chi connectivity index (χ0) is 12.5. The van der Waals surface area contributed by atoms with Gasteiger partial charge in [-0.15, -0.1) is 0 Å². The number of sulfonamides is 1. The molecule has 1 aromatic rings. The predicted octanol–water partition coefficient (Wildman–Crippen LogP) is 0.0839. The van der Waals surface area contributed by atoms with E-state index in [1.807, 2.05) is 0 Å². The molecule has 1 heterocycles. The molecule has 7 heteroatoms. The Kier molecular flexibility index (Phi) is 3.23. The summed E-state index contributed by atoms with van der Waals surface area (Å²) in [6.45, 7) is 1.12. The molecule has 17 heavy (non-hydrogen) atoms. The molecule has 0 bridgehead atoms. The maximum absolute atomic E-state index is 11.2. The number of rotatable bonds is 3. The van der Waals surface area contributed by atoms with E-state index in [2.05, 4.69) is 0 Å². The Morgan fingerprint density at radius 2 is 2.18 bits per heavy atom. The van der Waals surface area contributed by atoms with Gasteiger partial charge in [0.2, 0.25) is 10.0 Å². The first-order valence-corrected chi connectivity index (χ1v) is 6.68. The van der Waals surface area contributed by atoms with Crippen LogP contribution in [0.15, 0.2) is 23.1 Å². The highest BCUT2D eigenvalue weighted by Crippen LogP contribution is 2.27. The summed E-state index contributed by atoms with van der Waals surface area (Å²) in [5, 5.41) is 5.04. The first-order chi connectivity index (χ1) is 7.97. The Morgan fingerprint density at radius 3 is 2.76 bits per heavy atom. The predicted molar refractivity (Wildman–Crippen MR) is 62.1 cm³/mol. The van der Waals surface area contributed by atoms with E-state index in [1.165, 1.54) is 18.2 Å². The van der Waals surface area contributed by atoms with E-state index in [0.717, 1.165) is 6.42 Å². The fourth-order valence-electron chi connectivity index (χ4n) is 1.58. The molecular formula is C10H14N2O4S. The summed E-state index contributed by atoms with van der Waals surface area (Å²) in [7, 11) is -3.74. The minimum atomic E-state index is -3.74. The molecule has 0 amide bonds. The van der Waals surface area contributed by atoms with E-state index in [0.29, 0.717) is 24.7 Å². The molecule has 6 nitrogen and oxygen atoms in total. The summed E-state index contributed by atoms with van der Waals surface area (Å²) in [5.41, 5.74) is 6.09. The molecule has 1 atom stereocenters. The fourth-order valence-corrected chi connectivity index (χ4v) is 2.11. The molecule has 1 aliphatic heterocycles. The van der Waals surface area contributed by atoms with Crippen LogP contribution in [-0.2, 0) is 14.8 Å². The highest BCUT2D eigenvalue weighted by Gasteiger charge is 2.19. The van der Waals surface area contributed by atoms with Crippen molar-refractivity contribution >= 4 is 15.7 Å². The van der Waals surface area contributed by atoms with Crippen LogP contribution in [0.5, 0.6) is 5.75 Å². The molecule has 0 saturated carbocycles. The number of primary sulfonamides is 1. The van der Waals surface area contributed by atoms with Crippen LogP contribution in [0.4, 0.5) is 5.69 Å². The lowest BCUT2D eigenvalue weighted by atomic mass is 10.2. The van der Waals surface area contributed by atoms with Gasteiger partial charge in [-0.05, 0) is 12.1 Å². The molecule has 1 unspecified atom stereocenters. The second-order valence-corrected chi connectivity index (χ2v) is 5.41. The highest BCUT2D eigenvalue weighted by molar-refractivity contribution is 7.89. The number of nitrogen functional groups attached to an aromatic ring is 1. The van der Waals surface area contributed by atoms with E-state index < -0.39 is 10.0 Å². The summed E-state index contributed by atoms with van der Waals surface area (Å²) in [4.78, 5) is -0.0133. The molecule has 0 spiro atoms. The van der Waals surface area contributed by atoms with Crippen molar-refractivity contribution in [1.29, 1.82) is 0 Å². The van der Waals surface area contributed by atoms with Crippen LogP contribution in [0, 0.1) is 0 Å². The Morgan fingerprint density at radius 1 is 1.41 bits per heavy atom. The minimum absolute atomic E-state index is 0.0133. The van der Waals surface area contributed by atoms with Gasteiger partial charge in [-0.25, -0.2) is 13.6 Å². The SMILES string of the molecule is Nc1ccc(S(N)(=O)=O)cc1OC1CCOC1. The lowest BCUT2D eigenvalue weighted by molar-refractivity contribution is 0.141. The Labute approximate surface area is 99.6 Å². The van der Waals surface area contributed by atoms with E-state index in [9.17, 15) is 8.42 Å². The van der Waals surface area contributed by atoms with Gasteiger partial charge in [-0.1, -0.05) is 0 Å². The van der Waals surface area contributed by atoms with Crippen molar-refractivity contribution < 1.29 is 17.9 Å². The fraction of sp³-hybridized carbons (Fsp3) is 0.400. The molecule has 94 valence electrons. The van der Waals surface area contributed by atoms with Crippen LogP contribution in [0.3, 0.4) is 0 Å². The quantitative estimate of drug-likeness (QED) is 0.747. The lowest BCUT2D eigenvalue weighted by Crippen LogP contribution is -2.17. The van der Waals surface area contributed by atoms with E-state index in [4.69, 9.17) is 20.3 Å². The largest absolute Gasteiger partial charge is 0.486 e. The van der Waals surface area contributed by atoms with Gasteiger partial charge in [0.1, 0.15) is 11.9 Å². The van der Waals surface area contributed by atoms with E-state index >= 15 is 0 Å². The molecule has 4 N–H and O–H groups in total. The summed E-state index contributed by atoms with van der Waals surface area (Å²) in [5.74, 6) is 0.326. The maximum atomic E-state index is 11.2. The molecule has 0 aliphatic carbocycles. The van der Waals surface area contributed by atoms with Crippen molar-refractivity contribution in [3.8, 4) is 5.75 Å². The van der Waals surface area contributed by atoms with Crippen LogP contribution in [0.1, 0.15) is 6.42 Å². The van der Waals surface area contributed by atoms with Crippen LogP contribution in [-0.4, -0.2) is 27.7 Å². The number of nitrogens with two attached hydrogens (primary N) is 2. The van der Waals surface area contributed by atoms with Gasteiger partial charge in [0, 0.05) is 12.5 Å². The van der Waals surface area contributed by atoms with Gasteiger partial charge >= 0.3 is 0 Å². The van der Waals surface area contributed by atoms with Crippen molar-refractivity contribution in [3.63, 3.8) is 0 Å². The Hall–Kier alpha value is -1.31. The van der Waals surface area contributed by atoms with Crippen molar-refractivity contribution in [1.82, 2.24) is 0 Å². The number of ether oxygens (including phenoxy) is 2. The number of hydrogen-bond acceptors (Lipinski definition) is 5. The van der Waals surface area contributed by atoms with Gasteiger partial charge < -0.3 is 15.2 Å². The third kappa shape index (κ3) is 2.87. The molecule has 2 rings (SSSR count). The molecule has 0 aromatic heterocycles. The zero-order valence-corrected chi connectivity index (χ0v) is 9.94. The monoisotopic (exact) mass is 258 g/mol. The first-order valence-electron chi connectivity index (χ1n) is 5.13. The van der Waals surface area contributed by atoms with Crippen LogP contribution < -0.4 is 15.6 Å². The normalized spacial score (nSPS) is 20.4. The molecule has 1 saturated heterocycles. The number of hydrogen-bond donors (Lipinski definition) is 2. The summed E-state index contributed by atoms with van der Waals surface area (Å²) in [6.07, 6.45) is 0.673. The van der Waals surface area contributed by atoms with Crippen LogP contribution in [0.25, 0.3) is 0 Å². The van der Waals surface area contributed by atoms with Gasteiger partial charge in [0.05, 0.1) is 23.8 Å². The number of anilines is 1. The zero-order valence-electron chi connectivity index (χ0n) is 9.13. The molecule has 0 radical (unpaired) electrons. The van der Waals surface area contributed by atoms with Crippen molar-refractivity contribution in [2.45, 2.75) is 17.4 Å². The second kappa shape index (κ2) is 4.52. The first kappa shape index (κ1) is 12.2. The van der Waals surface area contributed by atoms with Gasteiger partial charge in [0.25, 0.3) is 0 Å². The number of benzene rings is 1. The molecule has 1 aliphatic rings. The smallest absolute Gasteiger partial charge is 0.238 e. The van der Waals surface area contributed by atoms with Gasteiger partial charge in [-0.3, -0.25) is 0 Å². The maximum Gasteiger partial charge on any atom is 0.238 e. The molecule has 1 aromatic carbocycles. The molecular weight excluding hydrogens is 244 g/mol.